The van der Waals surface area contributed by atoms with Gasteiger partial charge in [-0.3, -0.25) is 4.79 Å². The van der Waals surface area contributed by atoms with Gasteiger partial charge in [-0.1, -0.05) is 12.1 Å². The summed E-state index contributed by atoms with van der Waals surface area (Å²) in [6, 6.07) is 7.51. The number of anilines is 1. The molecule has 0 radical (unpaired) electrons. The fourth-order valence-corrected chi connectivity index (χ4v) is 2.47. The van der Waals surface area contributed by atoms with E-state index in [9.17, 15) is 4.79 Å². The number of aromatic nitrogens is 1. The van der Waals surface area contributed by atoms with Crippen LogP contribution in [0.4, 0.5) is 5.69 Å². The lowest BCUT2D eigenvalue weighted by atomic mass is 10.2. The van der Waals surface area contributed by atoms with Crippen molar-refractivity contribution in [2.45, 2.75) is 13.0 Å². The minimum Gasteiger partial charge on any atom is -0.397 e. The third-order valence-electron chi connectivity index (χ3n) is 3.45. The Morgan fingerprint density at radius 2 is 2.37 bits per heavy atom. The molecular weight excluding hydrogens is 242 g/mol. The number of aromatic amines is 1. The van der Waals surface area contributed by atoms with Crippen LogP contribution in [0.25, 0.3) is 10.9 Å². The van der Waals surface area contributed by atoms with Crippen LogP contribution in [0.2, 0.25) is 0 Å². The van der Waals surface area contributed by atoms with Gasteiger partial charge in [-0.25, -0.2) is 0 Å². The summed E-state index contributed by atoms with van der Waals surface area (Å²) in [6.45, 7) is 3.83. The van der Waals surface area contributed by atoms with E-state index < -0.39 is 0 Å². The molecule has 1 unspecified atom stereocenters. The Morgan fingerprint density at radius 3 is 3.11 bits per heavy atom. The summed E-state index contributed by atoms with van der Waals surface area (Å²) in [7, 11) is 0. The fourth-order valence-electron chi connectivity index (χ4n) is 2.47. The van der Waals surface area contributed by atoms with E-state index in [2.05, 4.69) is 4.98 Å². The second-order valence-corrected chi connectivity index (χ2v) is 4.93. The standard InChI is InChI=1S/C14H17N3O2/c1-9-8-17(5-6-19-9)14(18)12-7-10-3-2-4-11(15)13(10)16-12/h2-4,7,9,16H,5-6,8,15H2,1H3. The van der Waals surface area contributed by atoms with Crippen LogP contribution in [0.3, 0.4) is 0 Å². The molecule has 5 heteroatoms. The number of carbonyl (C=O) groups excluding carboxylic acids is 1. The molecule has 1 amide bonds. The van der Waals surface area contributed by atoms with E-state index in [0.717, 1.165) is 10.9 Å². The van der Waals surface area contributed by atoms with Crippen LogP contribution < -0.4 is 5.73 Å². The summed E-state index contributed by atoms with van der Waals surface area (Å²) in [4.78, 5) is 17.4. The molecule has 0 spiro atoms. The maximum Gasteiger partial charge on any atom is 0.270 e. The molecule has 3 N–H and O–H groups in total. The first-order chi connectivity index (χ1) is 9.15. The average Bonchev–Trinajstić information content (AvgIpc) is 2.83. The van der Waals surface area contributed by atoms with Crippen LogP contribution in [0, 0.1) is 0 Å². The number of carbonyl (C=O) groups is 1. The Kier molecular flexibility index (Phi) is 2.91. The first kappa shape index (κ1) is 12.0. The molecule has 2 aromatic rings. The van der Waals surface area contributed by atoms with Crippen LogP contribution >= 0.6 is 0 Å². The van der Waals surface area contributed by atoms with Crippen molar-refractivity contribution in [3.63, 3.8) is 0 Å². The third kappa shape index (κ3) is 2.17. The van der Waals surface area contributed by atoms with E-state index in [1.165, 1.54) is 0 Å². The van der Waals surface area contributed by atoms with Crippen molar-refractivity contribution >= 4 is 22.5 Å². The van der Waals surface area contributed by atoms with Crippen molar-refractivity contribution in [2.75, 3.05) is 25.4 Å². The van der Waals surface area contributed by atoms with Crippen molar-refractivity contribution in [1.29, 1.82) is 0 Å². The average molecular weight is 259 g/mol. The second-order valence-electron chi connectivity index (χ2n) is 4.93. The van der Waals surface area contributed by atoms with E-state index in [0.29, 0.717) is 31.1 Å². The van der Waals surface area contributed by atoms with Crippen LogP contribution in [0.5, 0.6) is 0 Å². The summed E-state index contributed by atoms with van der Waals surface area (Å²) in [5.41, 5.74) is 7.96. The fraction of sp³-hybridized carbons (Fsp3) is 0.357. The van der Waals surface area contributed by atoms with Crippen LogP contribution in [0.15, 0.2) is 24.3 Å². The largest absolute Gasteiger partial charge is 0.397 e. The zero-order valence-corrected chi connectivity index (χ0v) is 10.8. The molecule has 3 rings (SSSR count). The molecule has 1 aliphatic rings. The Bertz CT molecular complexity index is 620. The smallest absolute Gasteiger partial charge is 0.270 e. The number of nitrogens with one attached hydrogen (secondary N) is 1. The molecule has 0 saturated carbocycles. The number of hydrogen-bond donors (Lipinski definition) is 2. The number of morpholine rings is 1. The number of nitrogens with two attached hydrogens (primary N) is 1. The van der Waals surface area contributed by atoms with Crippen LogP contribution in [-0.4, -0.2) is 41.6 Å². The topological polar surface area (TPSA) is 71.3 Å². The van der Waals surface area contributed by atoms with Gasteiger partial charge < -0.3 is 20.4 Å². The third-order valence-corrected chi connectivity index (χ3v) is 3.45. The normalized spacial score (nSPS) is 19.8. The number of rotatable bonds is 1. The SMILES string of the molecule is CC1CN(C(=O)c2cc3cccc(N)c3[nH]2)CCO1. The molecule has 1 saturated heterocycles. The number of nitrogen functional groups attached to an aromatic ring is 1. The zero-order chi connectivity index (χ0) is 13.4. The minimum absolute atomic E-state index is 0.00532. The summed E-state index contributed by atoms with van der Waals surface area (Å²) in [5.74, 6) is 0.00532. The maximum atomic E-state index is 12.4. The molecule has 1 atom stereocenters. The van der Waals surface area contributed by atoms with E-state index in [1.54, 1.807) is 0 Å². The van der Waals surface area contributed by atoms with Crippen molar-refractivity contribution in [2.24, 2.45) is 0 Å². The summed E-state index contributed by atoms with van der Waals surface area (Å²) < 4.78 is 5.45. The van der Waals surface area contributed by atoms with E-state index in [-0.39, 0.29) is 12.0 Å². The molecule has 1 fully saturated rings. The Balaban J connectivity index is 1.91. The number of hydrogen-bond acceptors (Lipinski definition) is 3. The van der Waals surface area contributed by atoms with Gasteiger partial charge in [0.05, 0.1) is 23.9 Å². The van der Waals surface area contributed by atoms with Crippen molar-refractivity contribution in [3.8, 4) is 0 Å². The lowest BCUT2D eigenvalue weighted by Crippen LogP contribution is -2.44. The summed E-state index contributed by atoms with van der Waals surface area (Å²) in [6.07, 6.45) is 0.0900. The maximum absolute atomic E-state index is 12.4. The summed E-state index contributed by atoms with van der Waals surface area (Å²) >= 11 is 0. The zero-order valence-electron chi connectivity index (χ0n) is 10.8. The number of benzene rings is 1. The number of amides is 1. The molecule has 0 bridgehead atoms. The number of nitrogens with zero attached hydrogens (tertiary/aromatic N) is 1. The van der Waals surface area contributed by atoms with Gasteiger partial charge in [0, 0.05) is 18.5 Å². The highest BCUT2D eigenvalue weighted by molar-refractivity contribution is 6.00. The molecule has 5 nitrogen and oxygen atoms in total. The summed E-state index contributed by atoms with van der Waals surface area (Å²) in [5, 5.41) is 0.963. The Hall–Kier alpha value is -2.01. The van der Waals surface area contributed by atoms with Crippen molar-refractivity contribution in [3.05, 3.63) is 30.0 Å². The Morgan fingerprint density at radius 1 is 1.53 bits per heavy atom. The first-order valence-corrected chi connectivity index (χ1v) is 6.43. The number of fused-ring (bicyclic) bond motifs is 1. The van der Waals surface area contributed by atoms with Crippen LogP contribution in [-0.2, 0) is 4.74 Å². The Labute approximate surface area is 111 Å². The minimum atomic E-state index is 0.00532. The van der Waals surface area contributed by atoms with E-state index in [4.69, 9.17) is 10.5 Å². The lowest BCUT2D eigenvalue weighted by molar-refractivity contribution is -0.0126. The van der Waals surface area contributed by atoms with Gasteiger partial charge in [-0.15, -0.1) is 0 Å². The first-order valence-electron chi connectivity index (χ1n) is 6.43. The lowest BCUT2D eigenvalue weighted by Gasteiger charge is -2.30. The van der Waals surface area contributed by atoms with Gasteiger partial charge in [0.15, 0.2) is 0 Å². The number of H-pyrrole nitrogens is 1. The van der Waals surface area contributed by atoms with Gasteiger partial charge in [-0.2, -0.15) is 0 Å². The molecule has 1 aliphatic heterocycles. The highest BCUT2D eigenvalue weighted by Gasteiger charge is 2.23. The molecule has 1 aromatic carbocycles. The van der Waals surface area contributed by atoms with Gasteiger partial charge in [0.1, 0.15) is 5.69 Å². The number of ether oxygens (including phenoxy) is 1. The molecule has 1 aromatic heterocycles. The van der Waals surface area contributed by atoms with Gasteiger partial charge >= 0.3 is 0 Å². The molecule has 100 valence electrons. The molecule has 19 heavy (non-hydrogen) atoms. The quantitative estimate of drug-likeness (QED) is 0.764. The molecular formula is C14H17N3O2. The van der Waals surface area contributed by atoms with Gasteiger partial charge in [0.25, 0.3) is 5.91 Å². The monoisotopic (exact) mass is 259 g/mol. The second kappa shape index (κ2) is 4.59. The molecule has 2 heterocycles. The predicted molar refractivity (Wildman–Crippen MR) is 74.0 cm³/mol. The van der Waals surface area contributed by atoms with Crippen molar-refractivity contribution < 1.29 is 9.53 Å². The van der Waals surface area contributed by atoms with Crippen molar-refractivity contribution in [1.82, 2.24) is 9.88 Å². The highest BCUT2D eigenvalue weighted by atomic mass is 16.5. The van der Waals surface area contributed by atoms with Gasteiger partial charge in [0.2, 0.25) is 0 Å². The van der Waals surface area contributed by atoms with E-state index >= 15 is 0 Å². The van der Waals surface area contributed by atoms with Crippen LogP contribution in [0.1, 0.15) is 17.4 Å². The highest BCUT2D eigenvalue weighted by Crippen LogP contribution is 2.22. The van der Waals surface area contributed by atoms with Gasteiger partial charge in [-0.05, 0) is 19.1 Å². The molecule has 0 aliphatic carbocycles. The predicted octanol–water partition coefficient (Wildman–Crippen LogP) is 1.61. The van der Waals surface area contributed by atoms with E-state index in [1.807, 2.05) is 36.1 Å². The number of para-hydroxylation sites is 1.